The van der Waals surface area contributed by atoms with E-state index in [4.69, 9.17) is 12.2 Å². The monoisotopic (exact) mass is 206 g/mol. The van der Waals surface area contributed by atoms with E-state index in [2.05, 4.69) is 15.1 Å². The maximum atomic E-state index is 5.04. The van der Waals surface area contributed by atoms with Gasteiger partial charge in [0.25, 0.3) is 0 Å². The van der Waals surface area contributed by atoms with Gasteiger partial charge in [-0.15, -0.1) is 0 Å². The van der Waals surface area contributed by atoms with Gasteiger partial charge in [0.2, 0.25) is 0 Å². The molecule has 0 spiro atoms. The highest BCUT2D eigenvalue weighted by Gasteiger charge is 2.02. The lowest BCUT2D eigenvalue weighted by molar-refractivity contribution is 0.768. The Hall–Kier alpha value is -1.49. The van der Waals surface area contributed by atoms with Gasteiger partial charge >= 0.3 is 0 Å². The van der Waals surface area contributed by atoms with Crippen molar-refractivity contribution >= 4 is 12.2 Å². The zero-order valence-corrected chi connectivity index (χ0v) is 8.80. The van der Waals surface area contributed by atoms with E-state index >= 15 is 0 Å². The topological polar surface area (TPSA) is 46.5 Å². The summed E-state index contributed by atoms with van der Waals surface area (Å²) in [6.45, 7) is 1.96. The second-order valence-corrected chi connectivity index (χ2v) is 3.57. The lowest BCUT2D eigenvalue weighted by Crippen LogP contribution is -1.91. The van der Waals surface area contributed by atoms with Crippen molar-refractivity contribution in [2.75, 3.05) is 0 Å². The van der Waals surface area contributed by atoms with E-state index < -0.39 is 0 Å². The molecule has 0 aliphatic rings. The summed E-state index contributed by atoms with van der Waals surface area (Å²) < 4.78 is 2.33. The van der Waals surface area contributed by atoms with Gasteiger partial charge < -0.3 is 4.98 Å². The van der Waals surface area contributed by atoms with Crippen LogP contribution in [0, 0.1) is 11.6 Å². The molecule has 0 bridgehead atoms. The van der Waals surface area contributed by atoms with Gasteiger partial charge in [-0.1, -0.05) is 12.2 Å². The maximum absolute atomic E-state index is 5.04. The molecule has 1 N–H and O–H groups in total. The van der Waals surface area contributed by atoms with Crippen LogP contribution < -0.4 is 0 Å². The zero-order chi connectivity index (χ0) is 10.1. The molecule has 0 unspecified atom stereocenters. The fourth-order valence-corrected chi connectivity index (χ4v) is 1.53. The van der Waals surface area contributed by atoms with Gasteiger partial charge in [-0.2, -0.15) is 5.10 Å². The van der Waals surface area contributed by atoms with Crippen molar-refractivity contribution in [3.63, 3.8) is 0 Å². The number of H-pyrrole nitrogens is 1. The molecule has 0 radical (unpaired) electrons. The standard InChI is InChI=1S/C9H10N4S/c1-6-3-8(14)12-9(11-6)7-4-10-13(2)5-7/h3-5H,1-2H3,(H,11,12,14). The van der Waals surface area contributed by atoms with Crippen LogP contribution in [0.4, 0.5) is 0 Å². The van der Waals surface area contributed by atoms with Crippen LogP contribution in [0.5, 0.6) is 0 Å². The highest BCUT2D eigenvalue weighted by molar-refractivity contribution is 7.71. The summed E-state index contributed by atoms with van der Waals surface area (Å²) in [7, 11) is 1.87. The largest absolute Gasteiger partial charge is 0.343 e. The first kappa shape index (κ1) is 9.08. The highest BCUT2D eigenvalue weighted by atomic mass is 32.1. The zero-order valence-electron chi connectivity index (χ0n) is 7.98. The lowest BCUT2D eigenvalue weighted by atomic mass is 10.3. The quantitative estimate of drug-likeness (QED) is 0.724. The molecule has 0 saturated heterocycles. The average Bonchev–Trinajstić information content (AvgIpc) is 2.50. The van der Waals surface area contributed by atoms with Crippen molar-refractivity contribution in [3.8, 4) is 11.4 Å². The van der Waals surface area contributed by atoms with Crippen LogP contribution in [0.15, 0.2) is 18.5 Å². The molecule has 0 amide bonds. The molecule has 2 rings (SSSR count). The number of hydrogen-bond donors (Lipinski definition) is 1. The van der Waals surface area contributed by atoms with Gasteiger partial charge in [0, 0.05) is 18.9 Å². The van der Waals surface area contributed by atoms with E-state index in [1.165, 1.54) is 0 Å². The first-order valence-electron chi connectivity index (χ1n) is 4.22. The van der Waals surface area contributed by atoms with Crippen molar-refractivity contribution < 1.29 is 0 Å². The Morgan fingerprint density at radius 3 is 2.86 bits per heavy atom. The first-order chi connectivity index (χ1) is 6.65. The van der Waals surface area contributed by atoms with Gasteiger partial charge in [-0.05, 0) is 13.0 Å². The summed E-state index contributed by atoms with van der Waals surface area (Å²) >= 11 is 5.04. The number of aromatic nitrogens is 4. The van der Waals surface area contributed by atoms with Gasteiger partial charge in [-0.25, -0.2) is 4.98 Å². The Balaban J connectivity index is 2.56. The van der Waals surface area contributed by atoms with Crippen LogP contribution in [0.3, 0.4) is 0 Å². The lowest BCUT2D eigenvalue weighted by Gasteiger charge is -1.98. The van der Waals surface area contributed by atoms with Crippen molar-refractivity contribution in [2.45, 2.75) is 6.92 Å². The molecule has 2 heterocycles. The second-order valence-electron chi connectivity index (χ2n) is 3.15. The molecule has 72 valence electrons. The summed E-state index contributed by atoms with van der Waals surface area (Å²) in [4.78, 5) is 7.37. The third-order valence-corrected chi connectivity index (χ3v) is 2.07. The number of nitrogens with zero attached hydrogens (tertiary/aromatic N) is 3. The fraction of sp³-hybridized carbons (Fsp3) is 0.222. The van der Waals surface area contributed by atoms with Gasteiger partial charge in [-0.3, -0.25) is 4.68 Å². The molecule has 0 aliphatic carbocycles. The van der Waals surface area contributed by atoms with Crippen LogP contribution in [0.2, 0.25) is 0 Å². The third-order valence-electron chi connectivity index (χ3n) is 1.86. The van der Waals surface area contributed by atoms with Gasteiger partial charge in [0.15, 0.2) is 0 Å². The number of rotatable bonds is 1. The van der Waals surface area contributed by atoms with Gasteiger partial charge in [0.1, 0.15) is 10.5 Å². The number of aryl methyl sites for hydroxylation is 2. The Kier molecular flexibility index (Phi) is 2.17. The summed E-state index contributed by atoms with van der Waals surface area (Å²) in [5.74, 6) is 0.767. The summed E-state index contributed by atoms with van der Waals surface area (Å²) in [5, 5.41) is 4.07. The van der Waals surface area contributed by atoms with E-state index in [1.54, 1.807) is 10.9 Å². The van der Waals surface area contributed by atoms with E-state index in [1.807, 2.05) is 26.2 Å². The molecule has 4 nitrogen and oxygen atoms in total. The Bertz CT molecular complexity index is 512. The number of nitrogens with one attached hydrogen (secondary N) is 1. The van der Waals surface area contributed by atoms with E-state index in [0.717, 1.165) is 17.1 Å². The Labute approximate surface area is 86.6 Å². The Morgan fingerprint density at radius 1 is 1.50 bits per heavy atom. The normalized spacial score (nSPS) is 10.4. The van der Waals surface area contributed by atoms with Crippen LogP contribution in [0.1, 0.15) is 5.69 Å². The minimum Gasteiger partial charge on any atom is -0.343 e. The van der Waals surface area contributed by atoms with Crippen molar-refractivity contribution in [1.29, 1.82) is 0 Å². The molecule has 14 heavy (non-hydrogen) atoms. The van der Waals surface area contributed by atoms with Gasteiger partial charge in [0.05, 0.1) is 11.8 Å². The molecule has 0 fully saturated rings. The molecular formula is C9H10N4S. The summed E-state index contributed by atoms with van der Waals surface area (Å²) in [6, 6.07) is 1.83. The molecule has 2 aromatic rings. The maximum Gasteiger partial charge on any atom is 0.142 e. The first-order valence-corrected chi connectivity index (χ1v) is 4.63. The van der Waals surface area contributed by atoms with Crippen molar-refractivity contribution in [3.05, 3.63) is 28.8 Å². The number of hydrogen-bond acceptors (Lipinski definition) is 3. The van der Waals surface area contributed by atoms with Crippen molar-refractivity contribution in [1.82, 2.24) is 19.7 Å². The van der Waals surface area contributed by atoms with Crippen molar-refractivity contribution in [2.24, 2.45) is 7.05 Å². The molecule has 0 saturated carbocycles. The minimum atomic E-state index is 0.597. The summed E-state index contributed by atoms with van der Waals surface area (Å²) in [5.41, 5.74) is 1.95. The molecule has 0 atom stereocenters. The van der Waals surface area contributed by atoms with Crippen LogP contribution in [-0.4, -0.2) is 19.7 Å². The molecule has 0 aromatic carbocycles. The highest BCUT2D eigenvalue weighted by Crippen LogP contribution is 2.12. The number of aromatic amines is 1. The van der Waals surface area contributed by atoms with E-state index in [0.29, 0.717) is 4.64 Å². The predicted molar refractivity (Wildman–Crippen MR) is 56.4 cm³/mol. The molecule has 2 aromatic heterocycles. The minimum absolute atomic E-state index is 0.597. The second kappa shape index (κ2) is 3.34. The molecule has 0 aliphatic heterocycles. The van der Waals surface area contributed by atoms with Crippen LogP contribution in [-0.2, 0) is 7.05 Å². The molecule has 5 heteroatoms. The van der Waals surface area contributed by atoms with E-state index in [9.17, 15) is 0 Å². The average molecular weight is 206 g/mol. The van der Waals surface area contributed by atoms with Crippen LogP contribution in [0.25, 0.3) is 11.4 Å². The van der Waals surface area contributed by atoms with Crippen LogP contribution >= 0.6 is 12.2 Å². The molecular weight excluding hydrogens is 196 g/mol. The SMILES string of the molecule is Cc1cc(=S)nc(-c2cnn(C)c2)[nH]1. The Morgan fingerprint density at radius 2 is 2.29 bits per heavy atom. The smallest absolute Gasteiger partial charge is 0.142 e. The fourth-order valence-electron chi connectivity index (χ4n) is 1.26. The summed E-state index contributed by atoms with van der Waals surface area (Å²) in [6.07, 6.45) is 3.65. The predicted octanol–water partition coefficient (Wildman–Crippen LogP) is 1.85. The van der Waals surface area contributed by atoms with E-state index in [-0.39, 0.29) is 0 Å². The third kappa shape index (κ3) is 1.72.